The summed E-state index contributed by atoms with van der Waals surface area (Å²) in [5.74, 6) is 0.326. The van der Waals surface area contributed by atoms with Gasteiger partial charge in [-0.1, -0.05) is 54.6 Å². The molecule has 0 aliphatic rings. The van der Waals surface area contributed by atoms with Crippen LogP contribution in [0.1, 0.15) is 23.6 Å². The van der Waals surface area contributed by atoms with Gasteiger partial charge in [-0.3, -0.25) is 4.79 Å². The van der Waals surface area contributed by atoms with Crippen molar-refractivity contribution in [1.29, 1.82) is 0 Å². The van der Waals surface area contributed by atoms with Crippen LogP contribution in [0.4, 0.5) is 0 Å². The van der Waals surface area contributed by atoms with Crippen LogP contribution in [0.3, 0.4) is 0 Å². The average molecular weight is 266 g/mol. The molecule has 0 atom stereocenters. The number of ketones is 1. The van der Waals surface area contributed by atoms with E-state index in [1.165, 1.54) is 6.92 Å². The lowest BCUT2D eigenvalue weighted by Crippen LogP contribution is -2.02. The predicted octanol–water partition coefficient (Wildman–Crippen LogP) is 4.14. The number of allylic oxidation sites excluding steroid dienone is 1. The lowest BCUT2D eigenvalue weighted by molar-refractivity contribution is -0.116. The number of Topliss-reactive ketones (excluding diaryl/α,β-unsaturated/α-hetero) is 1. The molecular weight excluding hydrogens is 248 g/mol. The quantitative estimate of drug-likeness (QED) is 0.600. The molecule has 0 heterocycles. The van der Waals surface area contributed by atoms with Crippen molar-refractivity contribution in [2.24, 2.45) is 0 Å². The molecule has 2 aromatic carbocycles. The Morgan fingerprint density at radius 2 is 1.70 bits per heavy atom. The van der Waals surface area contributed by atoms with E-state index in [1.807, 2.05) is 61.5 Å². The van der Waals surface area contributed by atoms with Crippen LogP contribution >= 0.6 is 0 Å². The van der Waals surface area contributed by atoms with Gasteiger partial charge >= 0.3 is 0 Å². The maximum Gasteiger partial charge on any atom is 0.194 e. The molecule has 20 heavy (non-hydrogen) atoms. The average Bonchev–Trinajstić information content (AvgIpc) is 2.46. The zero-order chi connectivity index (χ0) is 14.4. The molecule has 0 radical (unpaired) electrons. The Bertz CT molecular complexity index is 612. The van der Waals surface area contributed by atoms with Gasteiger partial charge in [0, 0.05) is 6.92 Å². The first-order valence-electron chi connectivity index (χ1n) is 6.62. The van der Waals surface area contributed by atoms with Crippen LogP contribution in [0.25, 0.3) is 6.08 Å². The summed E-state index contributed by atoms with van der Waals surface area (Å²) in [6.45, 7) is 3.94. The Balaban J connectivity index is 2.16. The van der Waals surface area contributed by atoms with E-state index in [1.54, 1.807) is 6.08 Å². The minimum atomic E-state index is -0.0656. The molecule has 0 aliphatic heterocycles. The van der Waals surface area contributed by atoms with Gasteiger partial charge in [-0.25, -0.2) is 0 Å². The Morgan fingerprint density at radius 1 is 1.05 bits per heavy atom. The SMILES string of the molecule is CC(=O)/C(=C\c1ccccc1C)OCc1ccccc1. The molecule has 0 aromatic heterocycles. The topological polar surface area (TPSA) is 26.3 Å². The zero-order valence-electron chi connectivity index (χ0n) is 11.8. The van der Waals surface area contributed by atoms with Gasteiger partial charge < -0.3 is 4.74 Å². The summed E-state index contributed by atoms with van der Waals surface area (Å²) >= 11 is 0. The summed E-state index contributed by atoms with van der Waals surface area (Å²) in [6, 6.07) is 17.7. The molecule has 102 valence electrons. The van der Waals surface area contributed by atoms with Crippen molar-refractivity contribution in [2.45, 2.75) is 20.5 Å². The third-order valence-electron chi connectivity index (χ3n) is 3.06. The largest absolute Gasteiger partial charge is 0.485 e. The number of hydrogen-bond acceptors (Lipinski definition) is 2. The molecule has 0 fully saturated rings. The third-order valence-corrected chi connectivity index (χ3v) is 3.06. The van der Waals surface area contributed by atoms with Crippen molar-refractivity contribution in [3.63, 3.8) is 0 Å². The first-order valence-corrected chi connectivity index (χ1v) is 6.62. The summed E-state index contributed by atoms with van der Waals surface area (Å²) in [7, 11) is 0. The van der Waals surface area contributed by atoms with E-state index in [2.05, 4.69) is 0 Å². The molecule has 2 nitrogen and oxygen atoms in total. The van der Waals surface area contributed by atoms with Crippen LogP contribution in [-0.2, 0) is 16.1 Å². The Hall–Kier alpha value is -2.35. The number of ether oxygens (including phenoxy) is 1. The van der Waals surface area contributed by atoms with Crippen molar-refractivity contribution in [3.8, 4) is 0 Å². The summed E-state index contributed by atoms with van der Waals surface area (Å²) in [6.07, 6.45) is 1.81. The minimum Gasteiger partial charge on any atom is -0.485 e. The van der Waals surface area contributed by atoms with Crippen molar-refractivity contribution in [2.75, 3.05) is 0 Å². The fraction of sp³-hybridized carbons (Fsp3) is 0.167. The summed E-state index contributed by atoms with van der Waals surface area (Å²) < 4.78 is 5.66. The standard InChI is InChI=1S/C18H18O2/c1-14-8-6-7-11-17(14)12-18(15(2)19)20-13-16-9-4-3-5-10-16/h3-12H,13H2,1-2H3/b18-12+. The van der Waals surface area contributed by atoms with E-state index in [0.717, 1.165) is 16.7 Å². The normalized spacial score (nSPS) is 11.2. The summed E-state index contributed by atoms with van der Waals surface area (Å²) in [4.78, 5) is 11.7. The number of benzene rings is 2. The highest BCUT2D eigenvalue weighted by molar-refractivity contribution is 5.95. The molecule has 0 aliphatic carbocycles. The molecular formula is C18H18O2. The van der Waals surface area contributed by atoms with E-state index in [9.17, 15) is 4.79 Å². The van der Waals surface area contributed by atoms with Crippen LogP contribution in [0.2, 0.25) is 0 Å². The second-order valence-corrected chi connectivity index (χ2v) is 4.70. The van der Waals surface area contributed by atoms with Crippen LogP contribution in [-0.4, -0.2) is 5.78 Å². The van der Waals surface area contributed by atoms with Gasteiger partial charge in [-0.2, -0.15) is 0 Å². The van der Waals surface area contributed by atoms with Gasteiger partial charge in [-0.05, 0) is 29.7 Å². The second-order valence-electron chi connectivity index (χ2n) is 4.70. The van der Waals surface area contributed by atoms with Crippen molar-refractivity contribution < 1.29 is 9.53 Å². The van der Waals surface area contributed by atoms with Crippen LogP contribution in [0.15, 0.2) is 60.4 Å². The first kappa shape index (κ1) is 14.1. The Morgan fingerprint density at radius 3 is 2.35 bits per heavy atom. The number of rotatable bonds is 5. The Labute approximate surface area is 119 Å². The molecule has 0 N–H and O–H groups in total. The molecule has 0 saturated carbocycles. The summed E-state index contributed by atoms with van der Waals surface area (Å²) in [5.41, 5.74) is 3.17. The van der Waals surface area contributed by atoms with Gasteiger partial charge in [0.1, 0.15) is 6.61 Å². The van der Waals surface area contributed by atoms with Gasteiger partial charge in [0.15, 0.2) is 11.5 Å². The molecule has 2 rings (SSSR count). The summed E-state index contributed by atoms with van der Waals surface area (Å²) in [5, 5.41) is 0. The second kappa shape index (κ2) is 6.71. The van der Waals surface area contributed by atoms with E-state index < -0.39 is 0 Å². The van der Waals surface area contributed by atoms with Crippen LogP contribution in [0, 0.1) is 6.92 Å². The maximum atomic E-state index is 11.7. The molecule has 2 heteroatoms. The van der Waals surface area contributed by atoms with E-state index in [0.29, 0.717) is 12.4 Å². The molecule has 0 amide bonds. The lowest BCUT2D eigenvalue weighted by atomic mass is 10.1. The van der Waals surface area contributed by atoms with Crippen molar-refractivity contribution in [1.82, 2.24) is 0 Å². The van der Waals surface area contributed by atoms with E-state index in [-0.39, 0.29) is 5.78 Å². The van der Waals surface area contributed by atoms with Gasteiger partial charge in [0.2, 0.25) is 0 Å². The van der Waals surface area contributed by atoms with Crippen molar-refractivity contribution in [3.05, 3.63) is 77.0 Å². The maximum absolute atomic E-state index is 11.7. The fourth-order valence-electron chi connectivity index (χ4n) is 1.87. The first-order chi connectivity index (χ1) is 9.66. The van der Waals surface area contributed by atoms with Gasteiger partial charge in [0.25, 0.3) is 0 Å². The molecule has 0 bridgehead atoms. The minimum absolute atomic E-state index is 0.0656. The highest BCUT2D eigenvalue weighted by atomic mass is 16.5. The van der Waals surface area contributed by atoms with Crippen LogP contribution < -0.4 is 0 Å². The molecule has 0 unspecified atom stereocenters. The van der Waals surface area contributed by atoms with E-state index in [4.69, 9.17) is 4.74 Å². The van der Waals surface area contributed by atoms with Crippen molar-refractivity contribution >= 4 is 11.9 Å². The van der Waals surface area contributed by atoms with Gasteiger partial charge in [0.05, 0.1) is 0 Å². The van der Waals surface area contributed by atoms with Crippen LogP contribution in [0.5, 0.6) is 0 Å². The number of carbonyl (C=O) groups is 1. The Kier molecular flexibility index (Phi) is 4.72. The lowest BCUT2D eigenvalue weighted by Gasteiger charge is -2.09. The number of aryl methyl sites for hydroxylation is 1. The zero-order valence-corrected chi connectivity index (χ0v) is 11.8. The molecule has 2 aromatic rings. The monoisotopic (exact) mass is 266 g/mol. The number of hydrogen-bond donors (Lipinski definition) is 0. The van der Waals surface area contributed by atoms with Gasteiger partial charge in [-0.15, -0.1) is 0 Å². The predicted molar refractivity (Wildman–Crippen MR) is 81.1 cm³/mol. The fourth-order valence-corrected chi connectivity index (χ4v) is 1.87. The van der Waals surface area contributed by atoms with E-state index >= 15 is 0 Å². The third kappa shape index (κ3) is 3.82. The number of carbonyl (C=O) groups excluding carboxylic acids is 1. The highest BCUT2D eigenvalue weighted by Crippen LogP contribution is 2.15. The molecule has 0 spiro atoms. The highest BCUT2D eigenvalue weighted by Gasteiger charge is 2.07. The molecule has 0 saturated heterocycles. The smallest absolute Gasteiger partial charge is 0.194 e.